The summed E-state index contributed by atoms with van der Waals surface area (Å²) in [6, 6.07) is 19.3. The molecule has 0 radical (unpaired) electrons. The third kappa shape index (κ3) is 4.70. The van der Waals surface area contributed by atoms with Gasteiger partial charge in [-0.05, 0) is 59.0 Å². The smallest absolute Gasteiger partial charge is 0.337 e. The van der Waals surface area contributed by atoms with Gasteiger partial charge in [0.05, 0.1) is 24.3 Å². The number of benzene rings is 3. The molecule has 1 amide bonds. The number of amides is 1. The summed E-state index contributed by atoms with van der Waals surface area (Å²) in [5, 5.41) is 12.2. The largest absolute Gasteiger partial charge is 0.503 e. The number of carbonyl (C=O) groups is 3. The lowest BCUT2D eigenvalue weighted by molar-refractivity contribution is -0.117. The summed E-state index contributed by atoms with van der Waals surface area (Å²) in [5.74, 6) is -2.71. The predicted octanol–water partition coefficient (Wildman–Crippen LogP) is 6.95. The van der Waals surface area contributed by atoms with Crippen molar-refractivity contribution in [3.8, 4) is 0 Å². The van der Waals surface area contributed by atoms with E-state index >= 15 is 0 Å². The summed E-state index contributed by atoms with van der Waals surface area (Å²) in [6.07, 6.45) is 0. The van der Waals surface area contributed by atoms with E-state index in [1.165, 1.54) is 24.1 Å². The highest BCUT2D eigenvalue weighted by atomic mass is 35.5. The molecule has 2 heterocycles. The number of carbonyl (C=O) groups excluding carboxylic acids is 3. The molecule has 198 valence electrons. The lowest BCUT2D eigenvalue weighted by atomic mass is 9.85. The fraction of sp³-hybridized carbons (Fsp3) is 0.194. The van der Waals surface area contributed by atoms with Crippen LogP contribution in [-0.4, -0.2) is 29.9 Å². The van der Waals surface area contributed by atoms with Crippen molar-refractivity contribution < 1.29 is 28.6 Å². The molecule has 1 atom stereocenters. The SMILES string of the molecule is COC(=O)c1cccc(N2C(=O)C(O)=C(C(=O)c3cc4cc(Cl)ccc4o3)C2c2ccc(C(C)(C)C)cc2)c1. The average Bonchev–Trinajstić information content (AvgIpc) is 3.45. The summed E-state index contributed by atoms with van der Waals surface area (Å²) >= 11 is 6.10. The quantitative estimate of drug-likeness (QED) is 0.216. The molecular formula is C31H26ClNO6. The van der Waals surface area contributed by atoms with Crippen LogP contribution in [0.15, 0.2) is 88.5 Å². The molecule has 7 nitrogen and oxygen atoms in total. The van der Waals surface area contributed by atoms with Crippen LogP contribution in [-0.2, 0) is 14.9 Å². The minimum atomic E-state index is -0.983. The maximum atomic E-state index is 13.9. The number of anilines is 1. The van der Waals surface area contributed by atoms with E-state index < -0.39 is 29.5 Å². The first-order valence-electron chi connectivity index (χ1n) is 12.3. The monoisotopic (exact) mass is 543 g/mol. The molecule has 1 unspecified atom stereocenters. The van der Waals surface area contributed by atoms with Gasteiger partial charge in [0.15, 0.2) is 11.5 Å². The van der Waals surface area contributed by atoms with E-state index in [0.29, 0.717) is 27.2 Å². The zero-order chi connectivity index (χ0) is 28.1. The normalized spacial score (nSPS) is 15.8. The second kappa shape index (κ2) is 9.75. The lowest BCUT2D eigenvalue weighted by Crippen LogP contribution is -2.31. The molecule has 39 heavy (non-hydrogen) atoms. The first kappa shape index (κ1) is 26.3. The van der Waals surface area contributed by atoms with Crippen molar-refractivity contribution in [3.63, 3.8) is 0 Å². The molecule has 1 aliphatic heterocycles. The van der Waals surface area contributed by atoms with Crippen molar-refractivity contribution in [3.05, 3.63) is 112 Å². The number of furan rings is 1. The van der Waals surface area contributed by atoms with Gasteiger partial charge < -0.3 is 14.3 Å². The third-order valence-corrected chi connectivity index (χ3v) is 7.03. The number of hydrogen-bond donors (Lipinski definition) is 1. The fourth-order valence-electron chi connectivity index (χ4n) is 4.74. The molecule has 0 fully saturated rings. The number of methoxy groups -OCH3 is 1. The molecular weight excluding hydrogens is 518 g/mol. The van der Waals surface area contributed by atoms with E-state index in [9.17, 15) is 19.5 Å². The number of Topliss-reactive ketones (excluding diaryl/α,β-unsaturated/α-hetero) is 1. The summed E-state index contributed by atoms with van der Waals surface area (Å²) < 4.78 is 10.6. The maximum Gasteiger partial charge on any atom is 0.337 e. The van der Waals surface area contributed by atoms with Crippen molar-refractivity contribution in [2.24, 2.45) is 0 Å². The molecule has 1 N–H and O–H groups in total. The van der Waals surface area contributed by atoms with Crippen LogP contribution in [0.1, 0.15) is 58.9 Å². The van der Waals surface area contributed by atoms with Gasteiger partial charge in [-0.15, -0.1) is 0 Å². The van der Waals surface area contributed by atoms with Crippen LogP contribution in [0.3, 0.4) is 0 Å². The molecule has 0 bridgehead atoms. The summed E-state index contributed by atoms with van der Waals surface area (Å²) in [7, 11) is 1.26. The number of hydrogen-bond acceptors (Lipinski definition) is 6. The third-order valence-electron chi connectivity index (χ3n) is 6.79. The standard InChI is InChI=1S/C31H26ClNO6/c1-31(2,3)20-10-8-17(9-11-20)26-25(27(34)24-16-19-14-21(32)12-13-23(19)39-24)28(35)29(36)33(26)22-7-5-6-18(15-22)30(37)38-4/h5-16,26,35H,1-4H3. The van der Waals surface area contributed by atoms with Crippen molar-refractivity contribution in [2.45, 2.75) is 32.2 Å². The molecule has 1 aromatic heterocycles. The van der Waals surface area contributed by atoms with E-state index in [1.807, 2.05) is 24.3 Å². The van der Waals surface area contributed by atoms with Crippen LogP contribution in [0, 0.1) is 0 Å². The highest BCUT2D eigenvalue weighted by Gasteiger charge is 2.45. The minimum absolute atomic E-state index is 0.0388. The Morgan fingerprint density at radius 2 is 1.72 bits per heavy atom. The molecule has 1 aliphatic rings. The van der Waals surface area contributed by atoms with Gasteiger partial charge in [-0.25, -0.2) is 4.79 Å². The fourth-order valence-corrected chi connectivity index (χ4v) is 4.92. The molecule has 0 saturated carbocycles. The number of fused-ring (bicyclic) bond motifs is 1. The molecule has 0 saturated heterocycles. The highest BCUT2D eigenvalue weighted by Crippen LogP contribution is 2.43. The van der Waals surface area contributed by atoms with Crippen LogP contribution >= 0.6 is 11.6 Å². The molecule has 5 rings (SSSR count). The van der Waals surface area contributed by atoms with E-state index in [-0.39, 0.29) is 22.3 Å². The first-order chi connectivity index (χ1) is 18.5. The van der Waals surface area contributed by atoms with Gasteiger partial charge in [-0.2, -0.15) is 0 Å². The predicted molar refractivity (Wildman–Crippen MR) is 148 cm³/mol. The van der Waals surface area contributed by atoms with Gasteiger partial charge in [-0.3, -0.25) is 14.5 Å². The zero-order valence-electron chi connectivity index (χ0n) is 21.8. The second-order valence-corrected chi connectivity index (χ2v) is 10.8. The van der Waals surface area contributed by atoms with E-state index in [2.05, 4.69) is 20.8 Å². The van der Waals surface area contributed by atoms with E-state index in [1.54, 1.807) is 36.4 Å². The van der Waals surface area contributed by atoms with Crippen LogP contribution in [0.2, 0.25) is 5.02 Å². The van der Waals surface area contributed by atoms with Gasteiger partial charge in [-0.1, -0.05) is 62.7 Å². The number of ketones is 1. The number of nitrogens with zero attached hydrogens (tertiary/aromatic N) is 1. The Bertz CT molecular complexity index is 1660. The number of ether oxygens (including phenoxy) is 1. The Morgan fingerprint density at radius 1 is 1.00 bits per heavy atom. The van der Waals surface area contributed by atoms with Crippen molar-refractivity contribution in [1.29, 1.82) is 0 Å². The van der Waals surface area contributed by atoms with Gasteiger partial charge in [0.25, 0.3) is 5.91 Å². The number of aliphatic hydroxyl groups excluding tert-OH is 1. The van der Waals surface area contributed by atoms with Crippen molar-refractivity contribution >= 4 is 45.9 Å². The molecule has 4 aromatic rings. The van der Waals surface area contributed by atoms with Crippen LogP contribution in [0.5, 0.6) is 0 Å². The number of halogens is 1. The Balaban J connectivity index is 1.66. The average molecular weight is 544 g/mol. The van der Waals surface area contributed by atoms with Crippen molar-refractivity contribution in [2.75, 3.05) is 12.0 Å². The Kier molecular flexibility index (Phi) is 6.56. The number of esters is 1. The van der Waals surface area contributed by atoms with Crippen molar-refractivity contribution in [1.82, 2.24) is 0 Å². The van der Waals surface area contributed by atoms with Crippen LogP contribution in [0.25, 0.3) is 11.0 Å². The van der Waals surface area contributed by atoms with E-state index in [4.69, 9.17) is 20.8 Å². The Morgan fingerprint density at radius 3 is 2.38 bits per heavy atom. The second-order valence-electron chi connectivity index (χ2n) is 10.4. The molecule has 8 heteroatoms. The molecule has 3 aromatic carbocycles. The summed E-state index contributed by atoms with van der Waals surface area (Å²) in [6.45, 7) is 6.25. The first-order valence-corrected chi connectivity index (χ1v) is 12.7. The number of aliphatic hydroxyl groups is 1. The Hall–Kier alpha value is -4.36. The zero-order valence-corrected chi connectivity index (χ0v) is 22.6. The maximum absolute atomic E-state index is 13.9. The van der Waals surface area contributed by atoms with Gasteiger partial charge in [0, 0.05) is 16.1 Å². The van der Waals surface area contributed by atoms with E-state index in [0.717, 1.165) is 5.56 Å². The minimum Gasteiger partial charge on any atom is -0.503 e. The Labute approximate surface area is 230 Å². The van der Waals surface area contributed by atoms with Crippen LogP contribution in [0.4, 0.5) is 5.69 Å². The lowest BCUT2D eigenvalue weighted by Gasteiger charge is -2.28. The molecule has 0 spiro atoms. The summed E-state index contributed by atoms with van der Waals surface area (Å²) in [5.41, 5.74) is 2.40. The van der Waals surface area contributed by atoms with Gasteiger partial charge in [0.1, 0.15) is 5.58 Å². The number of rotatable bonds is 5. The highest BCUT2D eigenvalue weighted by molar-refractivity contribution is 6.31. The van der Waals surface area contributed by atoms with Crippen LogP contribution < -0.4 is 4.90 Å². The topological polar surface area (TPSA) is 97.0 Å². The molecule has 0 aliphatic carbocycles. The summed E-state index contributed by atoms with van der Waals surface area (Å²) in [4.78, 5) is 40.9. The van der Waals surface area contributed by atoms with Gasteiger partial charge in [0.2, 0.25) is 5.78 Å². The van der Waals surface area contributed by atoms with Gasteiger partial charge >= 0.3 is 5.97 Å².